The SMILES string of the molecule is Cc1cccc(NC(=O)[C@H]2[C@H]3CC[C@H](C3)N2C(=O)Cn2cc(C(N)=O)c3cc(-c4cnc5n4CCCC5)ccc32)n1. The number of hydrogen-bond acceptors (Lipinski definition) is 5. The first-order valence-electron chi connectivity index (χ1n) is 14.4. The minimum absolute atomic E-state index is 0.0148. The molecule has 41 heavy (non-hydrogen) atoms. The maximum absolute atomic E-state index is 13.8. The van der Waals surface area contributed by atoms with Gasteiger partial charge in [-0.05, 0) is 69.2 Å². The number of carbonyl (C=O) groups excluding carboxylic acids is 3. The van der Waals surface area contributed by atoms with Crippen LogP contribution in [-0.2, 0) is 29.1 Å². The third-order valence-corrected chi connectivity index (χ3v) is 9.00. The number of primary amides is 1. The molecule has 5 heterocycles. The molecule has 0 spiro atoms. The van der Waals surface area contributed by atoms with Crippen LogP contribution >= 0.6 is 0 Å². The molecule has 4 aromatic rings. The summed E-state index contributed by atoms with van der Waals surface area (Å²) in [6.07, 6.45) is 9.42. The molecule has 0 radical (unpaired) electrons. The molecule has 2 bridgehead atoms. The van der Waals surface area contributed by atoms with Gasteiger partial charge in [-0.1, -0.05) is 12.1 Å². The molecule has 3 N–H and O–H groups in total. The van der Waals surface area contributed by atoms with E-state index >= 15 is 0 Å². The number of pyridine rings is 1. The normalized spacial score (nSPS) is 21.3. The van der Waals surface area contributed by atoms with Gasteiger partial charge in [0.05, 0.1) is 17.5 Å². The van der Waals surface area contributed by atoms with Crippen molar-refractivity contribution in [2.45, 2.75) is 70.6 Å². The summed E-state index contributed by atoms with van der Waals surface area (Å²) in [6.45, 7) is 2.81. The summed E-state index contributed by atoms with van der Waals surface area (Å²) < 4.78 is 4.03. The molecule has 3 atom stereocenters. The molecule has 3 aromatic heterocycles. The number of benzene rings is 1. The number of likely N-dealkylation sites (tertiary alicyclic amines) is 1. The number of nitrogens with one attached hydrogen (secondary N) is 1. The lowest BCUT2D eigenvalue weighted by Crippen LogP contribution is -2.51. The third-order valence-electron chi connectivity index (χ3n) is 9.00. The van der Waals surface area contributed by atoms with E-state index in [9.17, 15) is 14.4 Å². The average Bonchev–Trinajstić information content (AvgIpc) is 3.75. The Morgan fingerprint density at radius 3 is 2.83 bits per heavy atom. The second-order valence-electron chi connectivity index (χ2n) is 11.6. The Balaban J connectivity index is 1.18. The highest BCUT2D eigenvalue weighted by Gasteiger charge is 2.51. The first kappa shape index (κ1) is 25.5. The molecular formula is C31H33N7O3. The molecule has 1 aliphatic carbocycles. The molecule has 3 amide bonds. The Labute approximate surface area is 237 Å². The van der Waals surface area contributed by atoms with Crippen molar-refractivity contribution in [3.63, 3.8) is 0 Å². The topological polar surface area (TPSA) is 128 Å². The molecule has 10 heteroatoms. The van der Waals surface area contributed by atoms with Crippen molar-refractivity contribution in [1.29, 1.82) is 0 Å². The van der Waals surface area contributed by atoms with Crippen LogP contribution in [0.4, 0.5) is 5.82 Å². The molecule has 10 nitrogen and oxygen atoms in total. The highest BCUT2D eigenvalue weighted by Crippen LogP contribution is 2.43. The number of hydrogen-bond donors (Lipinski definition) is 2. The van der Waals surface area contributed by atoms with Crippen LogP contribution < -0.4 is 11.1 Å². The fraction of sp³-hybridized carbons (Fsp3) is 0.387. The summed E-state index contributed by atoms with van der Waals surface area (Å²) in [4.78, 5) is 50.5. The number of fused-ring (bicyclic) bond motifs is 4. The Bertz CT molecular complexity index is 1700. The number of imidazole rings is 1. The van der Waals surface area contributed by atoms with E-state index < -0.39 is 11.9 Å². The monoisotopic (exact) mass is 551 g/mol. The third kappa shape index (κ3) is 4.38. The minimum atomic E-state index is -0.545. The lowest BCUT2D eigenvalue weighted by atomic mass is 9.97. The van der Waals surface area contributed by atoms with Gasteiger partial charge in [0, 0.05) is 47.4 Å². The number of piperidine rings is 1. The average molecular weight is 552 g/mol. The second kappa shape index (κ2) is 9.87. The van der Waals surface area contributed by atoms with Gasteiger partial charge in [0.15, 0.2) is 0 Å². The van der Waals surface area contributed by atoms with E-state index in [1.54, 1.807) is 21.7 Å². The smallest absolute Gasteiger partial charge is 0.250 e. The lowest BCUT2D eigenvalue weighted by molar-refractivity contribution is -0.141. The van der Waals surface area contributed by atoms with Crippen LogP contribution in [0.3, 0.4) is 0 Å². The molecule has 3 aliphatic rings. The first-order valence-corrected chi connectivity index (χ1v) is 14.4. The molecule has 2 aliphatic heterocycles. The zero-order chi connectivity index (χ0) is 28.2. The van der Waals surface area contributed by atoms with E-state index in [1.807, 2.05) is 43.5 Å². The quantitative estimate of drug-likeness (QED) is 0.378. The zero-order valence-electron chi connectivity index (χ0n) is 23.0. The Hall–Kier alpha value is -4.47. The van der Waals surface area contributed by atoms with Crippen molar-refractivity contribution in [1.82, 2.24) is 24.0 Å². The summed E-state index contributed by atoms with van der Waals surface area (Å²) in [5.41, 5.74) is 9.71. The van der Waals surface area contributed by atoms with Crippen molar-refractivity contribution in [3.8, 4) is 11.3 Å². The molecule has 2 fully saturated rings. The van der Waals surface area contributed by atoms with E-state index in [-0.39, 0.29) is 30.3 Å². The van der Waals surface area contributed by atoms with Crippen molar-refractivity contribution in [2.75, 3.05) is 5.32 Å². The standard InChI is InChI=1S/C31H33N7O3/c1-18-5-4-6-26(34-18)35-31(41)29-20-8-10-21(13-20)38(29)28(39)17-36-16-23(30(32)40)22-14-19(9-11-24(22)36)25-15-33-27-7-2-3-12-37(25)27/h4-6,9,11,14-16,20-21,29H,2-3,7-8,10,12-13,17H2,1H3,(H2,32,40)(H,34,35,41)/t20-,21+,29+/m0/s1. The van der Waals surface area contributed by atoms with E-state index in [0.717, 1.165) is 73.4 Å². The fourth-order valence-electron chi connectivity index (χ4n) is 7.15. The van der Waals surface area contributed by atoms with Crippen LogP contribution in [0.25, 0.3) is 22.2 Å². The molecule has 1 aromatic carbocycles. The molecule has 1 saturated heterocycles. The van der Waals surface area contributed by atoms with Gasteiger partial charge in [-0.15, -0.1) is 0 Å². The van der Waals surface area contributed by atoms with Crippen LogP contribution in [0.15, 0.2) is 48.8 Å². The Morgan fingerprint density at radius 1 is 1.12 bits per heavy atom. The molecule has 7 rings (SSSR count). The maximum Gasteiger partial charge on any atom is 0.250 e. The number of rotatable bonds is 6. The minimum Gasteiger partial charge on any atom is -0.366 e. The predicted molar refractivity (Wildman–Crippen MR) is 154 cm³/mol. The van der Waals surface area contributed by atoms with Gasteiger partial charge in [0.2, 0.25) is 11.8 Å². The van der Waals surface area contributed by atoms with Gasteiger partial charge in [-0.3, -0.25) is 14.4 Å². The predicted octanol–water partition coefficient (Wildman–Crippen LogP) is 3.66. The number of amides is 3. The van der Waals surface area contributed by atoms with Gasteiger partial charge in [0.25, 0.3) is 5.91 Å². The number of aromatic nitrogens is 4. The van der Waals surface area contributed by atoms with Crippen LogP contribution in [0.2, 0.25) is 0 Å². The Morgan fingerprint density at radius 2 is 2.00 bits per heavy atom. The van der Waals surface area contributed by atoms with E-state index in [1.165, 1.54) is 0 Å². The van der Waals surface area contributed by atoms with E-state index in [4.69, 9.17) is 5.73 Å². The van der Waals surface area contributed by atoms with Gasteiger partial charge >= 0.3 is 0 Å². The molecule has 1 saturated carbocycles. The first-order chi connectivity index (χ1) is 19.9. The lowest BCUT2D eigenvalue weighted by Gasteiger charge is -2.34. The molecule has 0 unspecified atom stereocenters. The number of nitrogens with zero attached hydrogens (tertiary/aromatic N) is 5. The number of carbonyl (C=O) groups is 3. The molecular weight excluding hydrogens is 518 g/mol. The van der Waals surface area contributed by atoms with Gasteiger partial charge < -0.3 is 25.1 Å². The summed E-state index contributed by atoms with van der Waals surface area (Å²) in [5.74, 6) is 0.811. The number of anilines is 1. The van der Waals surface area contributed by atoms with Crippen molar-refractivity contribution in [3.05, 3.63) is 65.9 Å². The second-order valence-corrected chi connectivity index (χ2v) is 11.6. The summed E-state index contributed by atoms with van der Waals surface area (Å²) in [7, 11) is 0. The van der Waals surface area contributed by atoms with Crippen molar-refractivity contribution < 1.29 is 14.4 Å². The van der Waals surface area contributed by atoms with E-state index in [2.05, 4.69) is 19.9 Å². The van der Waals surface area contributed by atoms with Gasteiger partial charge in [0.1, 0.15) is 24.2 Å². The number of aryl methyl sites for hydroxylation is 2. The van der Waals surface area contributed by atoms with Gasteiger partial charge in [-0.2, -0.15) is 0 Å². The van der Waals surface area contributed by atoms with Crippen molar-refractivity contribution >= 4 is 34.4 Å². The van der Waals surface area contributed by atoms with Crippen LogP contribution in [-0.4, -0.2) is 53.8 Å². The molecule has 210 valence electrons. The van der Waals surface area contributed by atoms with Crippen LogP contribution in [0, 0.1) is 12.8 Å². The summed E-state index contributed by atoms with van der Waals surface area (Å²) in [6, 6.07) is 10.9. The zero-order valence-corrected chi connectivity index (χ0v) is 23.0. The van der Waals surface area contributed by atoms with Gasteiger partial charge in [-0.25, -0.2) is 9.97 Å². The highest BCUT2D eigenvalue weighted by molar-refractivity contribution is 6.07. The number of nitrogens with two attached hydrogens (primary N) is 1. The maximum atomic E-state index is 13.8. The highest BCUT2D eigenvalue weighted by atomic mass is 16.2. The van der Waals surface area contributed by atoms with E-state index in [0.29, 0.717) is 16.8 Å². The fourth-order valence-corrected chi connectivity index (χ4v) is 7.15. The largest absolute Gasteiger partial charge is 0.366 e. The van der Waals surface area contributed by atoms with Crippen molar-refractivity contribution in [2.24, 2.45) is 11.7 Å². The van der Waals surface area contributed by atoms with Crippen LogP contribution in [0.1, 0.15) is 54.0 Å². The Kier molecular flexibility index (Phi) is 6.13. The summed E-state index contributed by atoms with van der Waals surface area (Å²) >= 11 is 0. The summed E-state index contributed by atoms with van der Waals surface area (Å²) in [5, 5.41) is 3.63. The van der Waals surface area contributed by atoms with Crippen LogP contribution in [0.5, 0.6) is 0 Å².